The van der Waals surface area contributed by atoms with E-state index in [2.05, 4.69) is 12.2 Å². The first-order chi connectivity index (χ1) is 9.04. The first-order valence-corrected chi connectivity index (χ1v) is 6.60. The van der Waals surface area contributed by atoms with Crippen molar-refractivity contribution >= 4 is 24.7 Å². The minimum Gasteiger partial charge on any atom is -0.396 e. The van der Waals surface area contributed by atoms with Crippen LogP contribution in [0.1, 0.15) is 19.8 Å². The van der Waals surface area contributed by atoms with Gasteiger partial charge in [-0.25, -0.2) is 4.39 Å². The van der Waals surface area contributed by atoms with Crippen LogP contribution in [0.3, 0.4) is 0 Å². The largest absolute Gasteiger partial charge is 0.396 e. The molecule has 1 aromatic carbocycles. The van der Waals surface area contributed by atoms with Crippen molar-refractivity contribution in [2.75, 3.05) is 30.8 Å². The van der Waals surface area contributed by atoms with Crippen LogP contribution in [0.5, 0.6) is 0 Å². The molecular weight excluding hydrogens is 246 g/mol. The molecule has 0 aliphatic rings. The Morgan fingerprint density at radius 2 is 2.26 bits per heavy atom. The van der Waals surface area contributed by atoms with Crippen LogP contribution < -0.4 is 16.5 Å². The number of halogens is 1. The maximum atomic E-state index is 13.3. The summed E-state index contributed by atoms with van der Waals surface area (Å²) in [6.45, 7) is 3.34. The molecule has 1 rings (SSSR count). The van der Waals surface area contributed by atoms with Gasteiger partial charge in [-0.15, -0.1) is 0 Å². The van der Waals surface area contributed by atoms with Gasteiger partial charge < -0.3 is 20.9 Å². The zero-order chi connectivity index (χ0) is 14.3. The number of nitrogen functional groups attached to an aromatic ring is 1. The molecule has 0 spiro atoms. The summed E-state index contributed by atoms with van der Waals surface area (Å²) in [5.74, 6) is -0.457. The summed E-state index contributed by atoms with van der Waals surface area (Å²) in [7, 11) is 1.84. The fourth-order valence-corrected chi connectivity index (χ4v) is 1.65. The topological polar surface area (TPSA) is 67.5 Å². The van der Waals surface area contributed by atoms with Crippen LogP contribution in [0.4, 0.5) is 15.8 Å². The number of ether oxygens (including phenoxy) is 1. The van der Waals surface area contributed by atoms with Crippen LogP contribution in [0, 0.1) is 5.82 Å². The van der Waals surface area contributed by atoms with E-state index in [-0.39, 0.29) is 12.3 Å². The maximum absolute atomic E-state index is 13.3. The van der Waals surface area contributed by atoms with E-state index in [1.54, 1.807) is 6.07 Å². The Hall–Kier alpha value is -1.27. The Morgan fingerprint density at radius 1 is 1.53 bits per heavy atom. The van der Waals surface area contributed by atoms with E-state index in [1.807, 2.05) is 7.85 Å². The van der Waals surface area contributed by atoms with E-state index in [1.165, 1.54) is 6.07 Å². The summed E-state index contributed by atoms with van der Waals surface area (Å²) in [4.78, 5) is 0. The number of unbranched alkanes of at least 4 members (excludes halogenated alkanes) is 1. The third kappa shape index (κ3) is 5.49. The fraction of sp³-hybridized carbons (Fsp3) is 0.538. The molecule has 0 heterocycles. The molecule has 1 unspecified atom stereocenters. The van der Waals surface area contributed by atoms with Gasteiger partial charge in [-0.3, -0.25) is 0 Å². The predicted octanol–water partition coefficient (Wildman–Crippen LogP) is 0.256. The maximum Gasteiger partial charge on any atom is 0.148 e. The summed E-state index contributed by atoms with van der Waals surface area (Å²) in [6, 6.07) is 2.91. The van der Waals surface area contributed by atoms with Crippen LogP contribution >= 0.6 is 0 Å². The normalized spacial score (nSPS) is 12.4. The molecule has 0 aliphatic heterocycles. The van der Waals surface area contributed by atoms with Gasteiger partial charge in [-0.05, 0) is 18.6 Å². The average Bonchev–Trinajstić information content (AvgIpc) is 2.37. The van der Waals surface area contributed by atoms with Crippen LogP contribution in [-0.4, -0.2) is 38.8 Å². The summed E-state index contributed by atoms with van der Waals surface area (Å²) < 4.78 is 18.6. The Bertz CT molecular complexity index is 404. The molecule has 0 aromatic heterocycles. The van der Waals surface area contributed by atoms with Gasteiger partial charge >= 0.3 is 0 Å². The zero-order valence-electron chi connectivity index (χ0n) is 11.6. The monoisotopic (exact) mass is 268 g/mol. The van der Waals surface area contributed by atoms with E-state index in [9.17, 15) is 9.50 Å². The van der Waals surface area contributed by atoms with Crippen molar-refractivity contribution in [2.45, 2.75) is 25.9 Å². The molecule has 0 aliphatic carbocycles. The van der Waals surface area contributed by atoms with Crippen LogP contribution in [0.25, 0.3) is 0 Å². The summed E-state index contributed by atoms with van der Waals surface area (Å²) in [6.07, 6.45) is 1.44. The highest BCUT2D eigenvalue weighted by molar-refractivity contribution is 6.36. The first kappa shape index (κ1) is 15.8. The molecule has 0 amide bonds. The molecule has 0 saturated heterocycles. The lowest BCUT2D eigenvalue weighted by atomic mass is 9.93. The van der Waals surface area contributed by atoms with Crippen molar-refractivity contribution in [3.05, 3.63) is 17.9 Å². The smallest absolute Gasteiger partial charge is 0.148 e. The van der Waals surface area contributed by atoms with E-state index in [4.69, 9.17) is 10.5 Å². The highest BCUT2D eigenvalue weighted by Gasteiger charge is 2.07. The second-order valence-corrected chi connectivity index (χ2v) is 4.65. The molecule has 0 fully saturated rings. The minimum absolute atomic E-state index is 0.131. The van der Waals surface area contributed by atoms with Gasteiger partial charge in [0.15, 0.2) is 0 Å². The number of nitrogens with one attached hydrogen (secondary N) is 1. The van der Waals surface area contributed by atoms with Crippen molar-refractivity contribution in [2.24, 2.45) is 0 Å². The van der Waals surface area contributed by atoms with Crippen molar-refractivity contribution in [3.8, 4) is 0 Å². The number of hydrogen-bond donors (Lipinski definition) is 3. The van der Waals surface area contributed by atoms with Gasteiger partial charge in [0, 0.05) is 18.8 Å². The third-order valence-corrected chi connectivity index (χ3v) is 2.82. The Labute approximate surface area is 114 Å². The first-order valence-electron chi connectivity index (χ1n) is 6.60. The second-order valence-electron chi connectivity index (χ2n) is 4.65. The summed E-state index contributed by atoms with van der Waals surface area (Å²) in [5, 5.41) is 12.7. The molecule has 1 aromatic rings. The van der Waals surface area contributed by atoms with Crippen molar-refractivity contribution in [3.63, 3.8) is 0 Å². The van der Waals surface area contributed by atoms with Gasteiger partial charge in [0.2, 0.25) is 0 Å². The SMILES string of the molecule is Bc1cc(N)c(F)cc1NCC(O)COCCCC. The number of aliphatic hydroxyl groups excluding tert-OH is 1. The van der Waals surface area contributed by atoms with Crippen molar-refractivity contribution in [1.82, 2.24) is 0 Å². The van der Waals surface area contributed by atoms with Gasteiger partial charge in [-0.1, -0.05) is 18.8 Å². The highest BCUT2D eigenvalue weighted by Crippen LogP contribution is 2.13. The van der Waals surface area contributed by atoms with Crippen LogP contribution in [-0.2, 0) is 4.74 Å². The molecule has 19 heavy (non-hydrogen) atoms. The van der Waals surface area contributed by atoms with E-state index in [0.717, 1.165) is 18.3 Å². The van der Waals surface area contributed by atoms with Crippen molar-refractivity contribution < 1.29 is 14.2 Å². The van der Waals surface area contributed by atoms with Gasteiger partial charge in [0.25, 0.3) is 0 Å². The number of aliphatic hydroxyl groups is 1. The predicted molar refractivity (Wildman–Crippen MR) is 79.2 cm³/mol. The van der Waals surface area contributed by atoms with Gasteiger partial charge in [-0.2, -0.15) is 0 Å². The molecule has 6 heteroatoms. The lowest BCUT2D eigenvalue weighted by Crippen LogP contribution is -2.27. The number of rotatable bonds is 8. The molecule has 0 radical (unpaired) electrons. The zero-order valence-corrected chi connectivity index (χ0v) is 11.6. The van der Waals surface area contributed by atoms with Crippen LogP contribution in [0.2, 0.25) is 0 Å². The average molecular weight is 268 g/mol. The highest BCUT2D eigenvalue weighted by atomic mass is 19.1. The number of anilines is 2. The Kier molecular flexibility index (Phi) is 6.66. The quantitative estimate of drug-likeness (QED) is 0.359. The lowest BCUT2D eigenvalue weighted by molar-refractivity contribution is 0.0422. The van der Waals surface area contributed by atoms with Gasteiger partial charge in [0.1, 0.15) is 13.7 Å². The summed E-state index contributed by atoms with van der Waals surface area (Å²) in [5.41, 5.74) is 7.08. The minimum atomic E-state index is -0.614. The third-order valence-electron chi connectivity index (χ3n) is 2.82. The molecule has 4 nitrogen and oxygen atoms in total. The van der Waals surface area contributed by atoms with E-state index < -0.39 is 11.9 Å². The van der Waals surface area contributed by atoms with Gasteiger partial charge in [0.05, 0.1) is 18.4 Å². The van der Waals surface area contributed by atoms with E-state index >= 15 is 0 Å². The van der Waals surface area contributed by atoms with Crippen LogP contribution in [0.15, 0.2) is 12.1 Å². The summed E-state index contributed by atoms with van der Waals surface area (Å²) >= 11 is 0. The molecule has 0 bridgehead atoms. The molecular formula is C13H22BFN2O2. The molecule has 0 saturated carbocycles. The second kappa shape index (κ2) is 8.02. The standard InChI is InChI=1S/C13H22BFN2O2/c1-2-3-4-19-8-9(18)7-17-13-6-11(15)12(16)5-10(13)14/h5-6,9,17-18H,2-4,7-8,14,16H2,1H3. The molecule has 1 atom stereocenters. The number of nitrogens with two attached hydrogens (primary N) is 1. The lowest BCUT2D eigenvalue weighted by Gasteiger charge is -2.15. The van der Waals surface area contributed by atoms with E-state index in [0.29, 0.717) is 18.8 Å². The fourth-order valence-electron chi connectivity index (χ4n) is 1.65. The number of hydrogen-bond acceptors (Lipinski definition) is 4. The number of benzene rings is 1. The Morgan fingerprint density at radius 3 is 2.95 bits per heavy atom. The van der Waals surface area contributed by atoms with Crippen molar-refractivity contribution in [1.29, 1.82) is 0 Å². The molecule has 106 valence electrons. The molecule has 4 N–H and O–H groups in total. The Balaban J connectivity index is 2.37.